The zero-order chi connectivity index (χ0) is 10.5. The molecule has 0 spiro atoms. The molecule has 1 aliphatic carbocycles. The van der Waals surface area contributed by atoms with Gasteiger partial charge >= 0.3 is 0 Å². The van der Waals surface area contributed by atoms with Gasteiger partial charge in [-0.05, 0) is 18.4 Å². The normalized spacial score (nSPS) is 25.9. The number of hydrogen-bond donors (Lipinski definition) is 1. The van der Waals surface area contributed by atoms with Crippen molar-refractivity contribution in [1.29, 1.82) is 0 Å². The van der Waals surface area contributed by atoms with E-state index in [1.165, 1.54) is 24.8 Å². The maximum atomic E-state index is 10.5. The van der Waals surface area contributed by atoms with E-state index in [2.05, 4.69) is 29.6 Å². The van der Waals surface area contributed by atoms with E-state index in [0.717, 1.165) is 12.8 Å². The molecule has 1 aromatic carbocycles. The highest BCUT2D eigenvalue weighted by molar-refractivity contribution is 5.47. The van der Waals surface area contributed by atoms with Crippen molar-refractivity contribution in [2.24, 2.45) is 0 Å². The maximum Gasteiger partial charge on any atom is 0.207 e. The van der Waals surface area contributed by atoms with Crippen molar-refractivity contribution in [3.8, 4) is 0 Å². The number of rotatable bonds is 3. The van der Waals surface area contributed by atoms with Crippen LogP contribution in [-0.4, -0.2) is 12.5 Å². The first-order valence-electron chi connectivity index (χ1n) is 5.66. The van der Waals surface area contributed by atoms with Gasteiger partial charge < -0.3 is 5.32 Å². The topological polar surface area (TPSA) is 29.1 Å². The zero-order valence-electron chi connectivity index (χ0n) is 8.86. The molecule has 0 aliphatic heterocycles. The fourth-order valence-electron chi connectivity index (χ4n) is 2.52. The summed E-state index contributed by atoms with van der Waals surface area (Å²) in [7, 11) is 0. The van der Waals surface area contributed by atoms with Crippen LogP contribution in [0.4, 0.5) is 0 Å². The van der Waals surface area contributed by atoms with E-state index in [-0.39, 0.29) is 0 Å². The minimum atomic E-state index is 0.332. The number of nitrogens with one attached hydrogen (secondary N) is 1. The molecule has 15 heavy (non-hydrogen) atoms. The van der Waals surface area contributed by atoms with Crippen LogP contribution in [0.15, 0.2) is 30.3 Å². The molecule has 1 aromatic rings. The van der Waals surface area contributed by atoms with Crippen LogP contribution in [0.25, 0.3) is 0 Å². The molecule has 1 amide bonds. The van der Waals surface area contributed by atoms with E-state index in [1.54, 1.807) is 0 Å². The molecule has 1 N–H and O–H groups in total. The number of carbonyl (C=O) groups excluding carboxylic acids is 1. The van der Waals surface area contributed by atoms with E-state index < -0.39 is 0 Å². The van der Waals surface area contributed by atoms with Crippen LogP contribution in [0.1, 0.15) is 37.2 Å². The molecule has 2 atom stereocenters. The van der Waals surface area contributed by atoms with Crippen molar-refractivity contribution in [2.75, 3.05) is 0 Å². The monoisotopic (exact) mass is 203 g/mol. The molecule has 0 radical (unpaired) electrons. The zero-order valence-corrected chi connectivity index (χ0v) is 8.86. The highest BCUT2D eigenvalue weighted by Crippen LogP contribution is 2.32. The fourth-order valence-corrected chi connectivity index (χ4v) is 2.52. The SMILES string of the molecule is O=CN[C@@H]1CCCC[C@H]1c1ccccc1. The van der Waals surface area contributed by atoms with E-state index in [9.17, 15) is 4.79 Å². The summed E-state index contributed by atoms with van der Waals surface area (Å²) in [6.45, 7) is 0. The minimum Gasteiger partial charge on any atom is -0.355 e. The molecule has 2 rings (SSSR count). The highest BCUT2D eigenvalue weighted by atomic mass is 16.1. The van der Waals surface area contributed by atoms with Crippen LogP contribution >= 0.6 is 0 Å². The molecule has 2 nitrogen and oxygen atoms in total. The Balaban J connectivity index is 2.14. The molecule has 0 saturated heterocycles. The van der Waals surface area contributed by atoms with Crippen molar-refractivity contribution < 1.29 is 4.79 Å². The van der Waals surface area contributed by atoms with Gasteiger partial charge in [0, 0.05) is 12.0 Å². The molecule has 0 unspecified atom stereocenters. The van der Waals surface area contributed by atoms with Gasteiger partial charge in [0.25, 0.3) is 0 Å². The summed E-state index contributed by atoms with van der Waals surface area (Å²) in [5.74, 6) is 0.505. The first kappa shape index (κ1) is 10.2. The summed E-state index contributed by atoms with van der Waals surface area (Å²) in [6, 6.07) is 10.8. The van der Waals surface area contributed by atoms with Gasteiger partial charge in [-0.3, -0.25) is 4.79 Å². The second kappa shape index (κ2) is 4.96. The third-order valence-corrected chi connectivity index (χ3v) is 3.28. The van der Waals surface area contributed by atoms with Gasteiger partial charge in [0.1, 0.15) is 0 Å². The van der Waals surface area contributed by atoms with Crippen molar-refractivity contribution in [2.45, 2.75) is 37.6 Å². The predicted octanol–water partition coefficient (Wildman–Crippen LogP) is 2.46. The summed E-state index contributed by atoms with van der Waals surface area (Å²) < 4.78 is 0. The molecule has 2 heteroatoms. The molecule has 1 aliphatic rings. The Hall–Kier alpha value is -1.31. The largest absolute Gasteiger partial charge is 0.355 e. The maximum absolute atomic E-state index is 10.5. The van der Waals surface area contributed by atoms with E-state index >= 15 is 0 Å². The fraction of sp³-hybridized carbons (Fsp3) is 0.462. The van der Waals surface area contributed by atoms with E-state index in [4.69, 9.17) is 0 Å². The predicted molar refractivity (Wildman–Crippen MR) is 60.6 cm³/mol. The van der Waals surface area contributed by atoms with Gasteiger partial charge in [0.05, 0.1) is 0 Å². The van der Waals surface area contributed by atoms with Crippen LogP contribution in [0, 0.1) is 0 Å². The van der Waals surface area contributed by atoms with Gasteiger partial charge in [-0.15, -0.1) is 0 Å². The molecule has 80 valence electrons. The van der Waals surface area contributed by atoms with Crippen molar-refractivity contribution in [3.05, 3.63) is 35.9 Å². The Labute approximate surface area is 90.7 Å². The second-order valence-electron chi connectivity index (χ2n) is 4.19. The molecular weight excluding hydrogens is 186 g/mol. The van der Waals surface area contributed by atoms with Crippen LogP contribution in [0.3, 0.4) is 0 Å². The van der Waals surface area contributed by atoms with Crippen molar-refractivity contribution >= 4 is 6.41 Å². The average molecular weight is 203 g/mol. The van der Waals surface area contributed by atoms with Crippen LogP contribution in [0.5, 0.6) is 0 Å². The third kappa shape index (κ3) is 2.38. The van der Waals surface area contributed by atoms with Gasteiger partial charge in [-0.1, -0.05) is 43.2 Å². The average Bonchev–Trinajstić information content (AvgIpc) is 2.31. The standard InChI is InChI=1S/C13H17NO/c15-10-14-13-9-5-4-8-12(13)11-6-2-1-3-7-11/h1-3,6-7,10,12-13H,4-5,8-9H2,(H,14,15)/t12-,13+/m0/s1. The molecule has 1 fully saturated rings. The van der Waals surface area contributed by atoms with Crippen LogP contribution in [0.2, 0.25) is 0 Å². The van der Waals surface area contributed by atoms with E-state index in [1.807, 2.05) is 6.07 Å². The van der Waals surface area contributed by atoms with Gasteiger partial charge in [0.15, 0.2) is 0 Å². The molecule has 0 aromatic heterocycles. The van der Waals surface area contributed by atoms with Gasteiger partial charge in [-0.25, -0.2) is 0 Å². The quantitative estimate of drug-likeness (QED) is 0.751. The molecule has 0 bridgehead atoms. The molecule has 1 saturated carbocycles. The van der Waals surface area contributed by atoms with Crippen LogP contribution in [-0.2, 0) is 4.79 Å². The highest BCUT2D eigenvalue weighted by Gasteiger charge is 2.25. The lowest BCUT2D eigenvalue weighted by Gasteiger charge is -2.31. The number of benzene rings is 1. The number of hydrogen-bond acceptors (Lipinski definition) is 1. The lowest BCUT2D eigenvalue weighted by molar-refractivity contribution is -0.110. The Kier molecular flexibility index (Phi) is 3.38. The summed E-state index contributed by atoms with van der Waals surface area (Å²) >= 11 is 0. The minimum absolute atomic E-state index is 0.332. The summed E-state index contributed by atoms with van der Waals surface area (Å²) in [6.07, 6.45) is 5.64. The van der Waals surface area contributed by atoms with E-state index in [0.29, 0.717) is 12.0 Å². The Morgan fingerprint density at radius 3 is 2.60 bits per heavy atom. The van der Waals surface area contributed by atoms with Crippen molar-refractivity contribution in [3.63, 3.8) is 0 Å². The molecular formula is C13H17NO. The Morgan fingerprint density at radius 2 is 1.87 bits per heavy atom. The third-order valence-electron chi connectivity index (χ3n) is 3.28. The van der Waals surface area contributed by atoms with Crippen LogP contribution < -0.4 is 5.32 Å². The second-order valence-corrected chi connectivity index (χ2v) is 4.19. The summed E-state index contributed by atoms with van der Waals surface area (Å²) in [5, 5.41) is 2.95. The lowest BCUT2D eigenvalue weighted by Crippen LogP contribution is -2.36. The van der Waals surface area contributed by atoms with Crippen molar-refractivity contribution in [1.82, 2.24) is 5.32 Å². The number of carbonyl (C=O) groups is 1. The molecule has 0 heterocycles. The first-order chi connectivity index (χ1) is 7.42. The van der Waals surface area contributed by atoms with Gasteiger partial charge in [0.2, 0.25) is 6.41 Å². The Morgan fingerprint density at radius 1 is 1.13 bits per heavy atom. The number of amides is 1. The first-order valence-corrected chi connectivity index (χ1v) is 5.66. The summed E-state index contributed by atoms with van der Waals surface area (Å²) in [5.41, 5.74) is 1.36. The van der Waals surface area contributed by atoms with Gasteiger partial charge in [-0.2, -0.15) is 0 Å². The smallest absolute Gasteiger partial charge is 0.207 e. The Bertz CT molecular complexity index is 310. The lowest BCUT2D eigenvalue weighted by atomic mass is 9.80. The summed E-state index contributed by atoms with van der Waals surface area (Å²) in [4.78, 5) is 10.5.